The molecule has 0 saturated carbocycles. The number of nitrogens with zero attached hydrogens (tertiary/aromatic N) is 1. The van der Waals surface area contributed by atoms with Crippen molar-refractivity contribution in [2.75, 3.05) is 13.2 Å². The minimum absolute atomic E-state index is 0.481. The number of carbonyl (C=O) groups excluding carboxylic acids is 2. The van der Waals surface area contributed by atoms with E-state index in [9.17, 15) is 14.4 Å². The van der Waals surface area contributed by atoms with E-state index in [0.29, 0.717) is 17.9 Å². The fraction of sp³-hybridized carbons (Fsp3) is 0.667. The van der Waals surface area contributed by atoms with Gasteiger partial charge >= 0.3 is 5.97 Å². The van der Waals surface area contributed by atoms with Gasteiger partial charge in [-0.1, -0.05) is 0 Å². The van der Waals surface area contributed by atoms with Crippen LogP contribution < -0.4 is 0 Å². The second kappa shape index (κ2) is 4.88. The molecule has 0 aromatic carbocycles. The maximum Gasteiger partial charge on any atom is 0.323 e. The normalized spacial score (nSPS) is 19.9. The lowest BCUT2D eigenvalue weighted by Gasteiger charge is -2.19. The topological polar surface area (TPSA) is 83.9 Å². The second-order valence-corrected chi connectivity index (χ2v) is 3.34. The van der Waals surface area contributed by atoms with Crippen LogP contribution in [0.3, 0.4) is 0 Å². The van der Waals surface area contributed by atoms with Crippen LogP contribution in [-0.4, -0.2) is 47.0 Å². The first-order valence-corrected chi connectivity index (χ1v) is 4.67. The quantitative estimate of drug-likeness (QED) is 0.694. The van der Waals surface area contributed by atoms with Crippen LogP contribution in [0, 0.1) is 0 Å². The monoisotopic (exact) mass is 215 g/mol. The summed E-state index contributed by atoms with van der Waals surface area (Å²) in [4.78, 5) is 33.9. The number of rotatable bonds is 3. The zero-order valence-electron chi connectivity index (χ0n) is 8.43. The molecule has 6 nitrogen and oxygen atoms in total. The van der Waals surface area contributed by atoms with Gasteiger partial charge in [0.2, 0.25) is 5.91 Å². The Bertz CT molecular complexity index is 282. The Hall–Kier alpha value is -1.43. The lowest BCUT2D eigenvalue weighted by molar-refractivity contribution is -0.156. The minimum atomic E-state index is -1.21. The minimum Gasteiger partial charge on any atom is -0.480 e. The van der Waals surface area contributed by atoms with Gasteiger partial charge in [0.25, 0.3) is 5.91 Å². The van der Waals surface area contributed by atoms with Crippen molar-refractivity contribution in [1.29, 1.82) is 0 Å². The number of carboxylic acid groups (broad SMARTS) is 1. The molecule has 0 bridgehead atoms. The molecule has 0 aromatic heterocycles. The predicted octanol–water partition coefficient (Wildman–Crippen LogP) is -0.375. The van der Waals surface area contributed by atoms with Gasteiger partial charge in [-0.15, -0.1) is 0 Å². The van der Waals surface area contributed by atoms with E-state index >= 15 is 0 Å². The SMILES string of the molecule is CC(=O)N(CC(=O)O)C(=O)C1CCCO1. The molecular weight excluding hydrogens is 202 g/mol. The zero-order chi connectivity index (χ0) is 11.4. The van der Waals surface area contributed by atoms with E-state index in [1.807, 2.05) is 0 Å². The summed E-state index contributed by atoms with van der Waals surface area (Å²) in [5.74, 6) is -2.34. The number of carbonyl (C=O) groups is 3. The van der Waals surface area contributed by atoms with Gasteiger partial charge < -0.3 is 9.84 Å². The Kier molecular flexibility index (Phi) is 3.79. The molecular formula is C9H13NO5. The third kappa shape index (κ3) is 3.02. The largest absolute Gasteiger partial charge is 0.480 e. The Morgan fingerprint density at radius 3 is 2.53 bits per heavy atom. The molecule has 1 heterocycles. The Morgan fingerprint density at radius 2 is 2.13 bits per heavy atom. The highest BCUT2D eigenvalue weighted by Gasteiger charge is 2.31. The summed E-state index contributed by atoms with van der Waals surface area (Å²) in [7, 11) is 0. The average Bonchev–Trinajstić information content (AvgIpc) is 2.65. The number of hydrogen-bond donors (Lipinski definition) is 1. The van der Waals surface area contributed by atoms with Gasteiger partial charge in [-0.25, -0.2) is 0 Å². The highest BCUT2D eigenvalue weighted by atomic mass is 16.5. The molecule has 15 heavy (non-hydrogen) atoms. The summed E-state index contributed by atoms with van der Waals surface area (Å²) in [5.41, 5.74) is 0. The van der Waals surface area contributed by atoms with Crippen molar-refractivity contribution in [3.8, 4) is 0 Å². The molecule has 1 fully saturated rings. The molecule has 6 heteroatoms. The highest BCUT2D eigenvalue weighted by Crippen LogP contribution is 2.14. The molecule has 0 aliphatic carbocycles. The number of aliphatic carboxylic acids is 1. The molecule has 1 saturated heterocycles. The Balaban J connectivity index is 2.65. The summed E-state index contributed by atoms with van der Waals surface area (Å²) < 4.78 is 5.09. The molecule has 0 spiro atoms. The molecule has 1 aliphatic rings. The number of carboxylic acids is 1. The Labute approximate surface area is 86.8 Å². The molecule has 1 atom stereocenters. The van der Waals surface area contributed by atoms with Crippen molar-refractivity contribution in [3.05, 3.63) is 0 Å². The fourth-order valence-corrected chi connectivity index (χ4v) is 1.43. The van der Waals surface area contributed by atoms with Gasteiger partial charge in [-0.2, -0.15) is 0 Å². The van der Waals surface area contributed by atoms with Crippen LogP contribution in [-0.2, 0) is 19.1 Å². The van der Waals surface area contributed by atoms with Crippen LogP contribution in [0.1, 0.15) is 19.8 Å². The lowest BCUT2D eigenvalue weighted by atomic mass is 10.2. The van der Waals surface area contributed by atoms with Gasteiger partial charge in [0.05, 0.1) is 0 Å². The van der Waals surface area contributed by atoms with Gasteiger partial charge in [0.1, 0.15) is 12.6 Å². The van der Waals surface area contributed by atoms with Crippen molar-refractivity contribution in [2.45, 2.75) is 25.9 Å². The van der Waals surface area contributed by atoms with Crippen LogP contribution in [0.5, 0.6) is 0 Å². The van der Waals surface area contributed by atoms with Crippen LogP contribution in [0.15, 0.2) is 0 Å². The Morgan fingerprint density at radius 1 is 1.47 bits per heavy atom. The number of amides is 2. The third-order valence-electron chi connectivity index (χ3n) is 2.14. The smallest absolute Gasteiger partial charge is 0.323 e. The number of imide groups is 1. The van der Waals surface area contributed by atoms with Crippen molar-refractivity contribution >= 4 is 17.8 Å². The van der Waals surface area contributed by atoms with E-state index in [1.165, 1.54) is 0 Å². The van der Waals surface area contributed by atoms with Crippen LogP contribution in [0.4, 0.5) is 0 Å². The summed E-state index contributed by atoms with van der Waals surface area (Å²) in [6, 6.07) is 0. The lowest BCUT2D eigenvalue weighted by Crippen LogP contribution is -2.44. The fourth-order valence-electron chi connectivity index (χ4n) is 1.43. The van der Waals surface area contributed by atoms with E-state index in [4.69, 9.17) is 9.84 Å². The standard InChI is InChI=1S/C9H13NO5/c1-6(11)10(5-8(12)13)9(14)7-3-2-4-15-7/h7H,2-5H2,1H3,(H,12,13). The third-order valence-corrected chi connectivity index (χ3v) is 2.14. The first-order chi connectivity index (χ1) is 7.02. The maximum absolute atomic E-state index is 11.6. The second-order valence-electron chi connectivity index (χ2n) is 3.34. The van der Waals surface area contributed by atoms with Crippen LogP contribution in [0.2, 0.25) is 0 Å². The molecule has 1 unspecified atom stereocenters. The van der Waals surface area contributed by atoms with Crippen LogP contribution in [0.25, 0.3) is 0 Å². The molecule has 84 valence electrons. The van der Waals surface area contributed by atoms with Gasteiger partial charge in [0, 0.05) is 13.5 Å². The number of ether oxygens (including phenoxy) is 1. The molecule has 1 N–H and O–H groups in total. The van der Waals surface area contributed by atoms with Gasteiger partial charge in [-0.3, -0.25) is 19.3 Å². The van der Waals surface area contributed by atoms with Crippen molar-refractivity contribution in [2.24, 2.45) is 0 Å². The summed E-state index contributed by atoms with van der Waals surface area (Å²) in [6.07, 6.45) is 0.644. The number of hydrogen-bond acceptors (Lipinski definition) is 4. The highest BCUT2D eigenvalue weighted by molar-refractivity contribution is 5.99. The summed E-state index contributed by atoms with van der Waals surface area (Å²) in [6.45, 7) is 1.04. The van der Waals surface area contributed by atoms with Gasteiger partial charge in [-0.05, 0) is 12.8 Å². The molecule has 2 amide bonds. The van der Waals surface area contributed by atoms with E-state index in [0.717, 1.165) is 13.3 Å². The zero-order valence-corrected chi connectivity index (χ0v) is 8.43. The van der Waals surface area contributed by atoms with Crippen molar-refractivity contribution < 1.29 is 24.2 Å². The molecule has 1 rings (SSSR count). The first-order valence-electron chi connectivity index (χ1n) is 4.67. The molecule has 0 radical (unpaired) electrons. The van der Waals surface area contributed by atoms with E-state index < -0.39 is 30.4 Å². The molecule has 0 aromatic rings. The summed E-state index contributed by atoms with van der Waals surface area (Å²) >= 11 is 0. The predicted molar refractivity (Wildman–Crippen MR) is 49.0 cm³/mol. The van der Waals surface area contributed by atoms with Crippen molar-refractivity contribution in [3.63, 3.8) is 0 Å². The molecule has 1 aliphatic heterocycles. The van der Waals surface area contributed by atoms with Gasteiger partial charge in [0.15, 0.2) is 0 Å². The van der Waals surface area contributed by atoms with E-state index in [1.54, 1.807) is 0 Å². The first kappa shape index (κ1) is 11.6. The van der Waals surface area contributed by atoms with Crippen molar-refractivity contribution in [1.82, 2.24) is 4.90 Å². The maximum atomic E-state index is 11.6. The van der Waals surface area contributed by atoms with E-state index in [2.05, 4.69) is 0 Å². The van der Waals surface area contributed by atoms with E-state index in [-0.39, 0.29) is 0 Å². The average molecular weight is 215 g/mol. The van der Waals surface area contributed by atoms with Crippen LogP contribution >= 0.6 is 0 Å². The summed E-state index contributed by atoms with van der Waals surface area (Å²) in [5, 5.41) is 8.54.